The van der Waals surface area contributed by atoms with Crippen LogP contribution in [0.5, 0.6) is 17.2 Å². The fraction of sp³-hybridized carbons (Fsp3) is 0.0978. The number of fused-ring (bicyclic) bond motifs is 4. The first-order valence-corrected chi connectivity index (χ1v) is 41.1. The molecule has 8 heterocycles. The van der Waals surface area contributed by atoms with Crippen LogP contribution in [0.3, 0.4) is 0 Å². The lowest BCUT2D eigenvalue weighted by atomic mass is 10.1. The summed E-state index contributed by atoms with van der Waals surface area (Å²) in [4.78, 5) is 123. The number of nitrogens with one attached hydrogen (secondary N) is 6. The molecule has 17 rings (SSSR count). The van der Waals surface area contributed by atoms with Gasteiger partial charge in [-0.15, -0.1) is 45.3 Å². The number of para-hydroxylation sites is 4. The largest absolute Gasteiger partial charge is 0.491 e. The summed E-state index contributed by atoms with van der Waals surface area (Å²) in [6.45, 7) is 1.78. The number of rotatable bonds is 21. The van der Waals surface area contributed by atoms with Crippen molar-refractivity contribution in [3.05, 3.63) is 347 Å². The molecule has 33 heteroatoms. The van der Waals surface area contributed by atoms with Crippen LogP contribution in [-0.4, -0.2) is 97.7 Å². The number of aliphatic hydroxyl groups excluding tert-OH is 1. The summed E-state index contributed by atoms with van der Waals surface area (Å²) in [6, 6.07) is 67.8. The first kappa shape index (κ1) is 91.7. The third-order valence-corrected chi connectivity index (χ3v) is 21.7. The van der Waals surface area contributed by atoms with Gasteiger partial charge in [0.25, 0.3) is 33.5 Å². The number of thiophene rings is 4. The Balaban J connectivity index is 0.000000162. The Bertz CT molecular complexity index is 6650. The molecule has 0 spiro atoms. The maximum Gasteiger partial charge on any atom is 0.350 e. The van der Waals surface area contributed by atoms with Crippen LogP contribution in [0, 0.1) is 0 Å². The third kappa shape index (κ3) is 24.2. The van der Waals surface area contributed by atoms with Gasteiger partial charge in [0.1, 0.15) is 25.2 Å². The molecule has 125 heavy (non-hydrogen) atoms. The summed E-state index contributed by atoms with van der Waals surface area (Å²) in [5.74, 6) is -1.05. The number of nitrogens with two attached hydrogens (primary N) is 4. The molecule has 29 nitrogen and oxygen atoms in total. The van der Waals surface area contributed by atoms with Crippen molar-refractivity contribution in [2.24, 2.45) is 0 Å². The molecule has 2 amide bonds. The van der Waals surface area contributed by atoms with Crippen molar-refractivity contribution in [3.8, 4) is 17.2 Å². The van der Waals surface area contributed by atoms with Gasteiger partial charge in [0.05, 0.1) is 80.4 Å². The maximum absolute atomic E-state index is 13.0. The fourth-order valence-electron chi connectivity index (χ4n) is 12.0. The van der Waals surface area contributed by atoms with E-state index < -0.39 is 21.7 Å². The van der Waals surface area contributed by atoms with Crippen LogP contribution in [0.4, 0.5) is 62.6 Å². The number of aromatic nitrogens is 4. The van der Waals surface area contributed by atoms with Gasteiger partial charge in [-0.1, -0.05) is 91.0 Å². The quantitative estimate of drug-likeness (QED) is 0.0138. The van der Waals surface area contributed by atoms with Crippen molar-refractivity contribution < 1.29 is 52.8 Å². The summed E-state index contributed by atoms with van der Waals surface area (Å²) >= 11 is 5.39. The molecule has 0 aliphatic rings. The van der Waals surface area contributed by atoms with Crippen LogP contribution in [0.2, 0.25) is 0 Å². The minimum absolute atomic E-state index is 0.000663. The Morgan fingerprint density at radius 1 is 0.376 bits per heavy atom. The van der Waals surface area contributed by atoms with Gasteiger partial charge < -0.3 is 83.6 Å². The second-order valence-electron chi connectivity index (χ2n) is 25.9. The van der Waals surface area contributed by atoms with Crippen LogP contribution in [0.1, 0.15) is 65.7 Å². The molecule has 0 unspecified atom stereocenters. The number of esters is 2. The Labute approximate surface area is 731 Å². The molecule has 0 fully saturated rings. The van der Waals surface area contributed by atoms with E-state index in [4.69, 9.17) is 37.5 Å². The second-order valence-corrected chi connectivity index (χ2v) is 29.6. The van der Waals surface area contributed by atoms with E-state index in [1.54, 1.807) is 96.9 Å². The summed E-state index contributed by atoms with van der Waals surface area (Å²) in [5.41, 5.74) is 33.9. The number of anilines is 11. The predicted molar refractivity (Wildman–Crippen MR) is 501 cm³/mol. The monoisotopic (exact) mass is 1750 g/mol. The highest BCUT2D eigenvalue weighted by atomic mass is 32.1. The standard InChI is InChI=1S/C26H20N4O4S.C21H18N4OS.C16H14N2O2S.C10H7NO.C6H8N2.C6H7NO2S.C6H6O4.CH4O/c1-34-24-21(22(31)23(24)32)29-16-5-4-6-17(13-16)30-26(33)25-20(10-12-35-25)28-14-15-9-11-27-19-8-3-2-7-18(15)19;22-15-4-3-5-16(12-15)25-21(26)20-19(9-11-27-20)24-13-14-8-10-23-18-7-2-1-6-17(14)18;1-20-16(19)15-14(7-9-21-15)18-10-11-6-8-17-13-5-3-2-4-12(11)13;12-7-8-5-6-11-10-4-2-1-3-9(8)10;7-5-2-1-3-6(8)4-5;1-9-6(8)5-4(7)2-3-10-5;1-9-5-3(7)4(8)6(5)10-2;1-2/h2-13,28-29H,14H2,1H3,(H,30,33);1-12,24H,13,22H2,(H,25,26);2-9,18H,10H2,1H3;1-7H;1-4H,7-8H2;2-3H,7H2,1H3;1-2H3;2H,1H3. The van der Waals surface area contributed by atoms with Gasteiger partial charge in [0, 0.05) is 113 Å². The molecule has 0 aliphatic carbocycles. The number of hydrogen-bond donors (Lipinski definition) is 11. The molecule has 0 saturated carbocycles. The van der Waals surface area contributed by atoms with Crippen LogP contribution in [0.25, 0.3) is 43.6 Å². The first-order valence-electron chi connectivity index (χ1n) is 37.6. The highest BCUT2D eigenvalue weighted by Crippen LogP contribution is 2.32. The van der Waals surface area contributed by atoms with E-state index in [1.807, 2.05) is 162 Å². The molecule has 0 radical (unpaired) electrons. The molecule has 636 valence electrons. The first-order chi connectivity index (χ1) is 60.7. The molecular formula is C92H84N14O15S4. The molecule has 0 atom stereocenters. The summed E-state index contributed by atoms with van der Waals surface area (Å²) in [6.07, 6.45) is 7.88. The number of aliphatic hydroxyl groups is 1. The van der Waals surface area contributed by atoms with Gasteiger partial charge in [-0.05, 0) is 166 Å². The zero-order valence-corrected chi connectivity index (χ0v) is 71.3. The van der Waals surface area contributed by atoms with Crippen molar-refractivity contribution in [1.82, 2.24) is 19.9 Å². The zero-order chi connectivity index (χ0) is 89.3. The topological polar surface area (TPSA) is 448 Å². The number of nitrogens with zero attached hydrogens (tertiary/aromatic N) is 4. The fourth-order valence-corrected chi connectivity index (χ4v) is 15.1. The predicted octanol–water partition coefficient (Wildman–Crippen LogP) is 15.9. The van der Waals surface area contributed by atoms with E-state index in [-0.39, 0.29) is 46.7 Å². The number of nitrogen functional groups attached to an aromatic ring is 4. The maximum atomic E-state index is 13.0. The minimum Gasteiger partial charge on any atom is -0.491 e. The molecule has 17 aromatic rings. The van der Waals surface area contributed by atoms with Gasteiger partial charge in [0.15, 0.2) is 12.0 Å². The smallest absolute Gasteiger partial charge is 0.350 e. The number of aldehydes is 1. The second kappa shape index (κ2) is 45.7. The average Bonchev–Trinajstić information content (AvgIpc) is 1.01. The Morgan fingerprint density at radius 3 is 1.14 bits per heavy atom. The van der Waals surface area contributed by atoms with Crippen LogP contribution >= 0.6 is 45.3 Å². The molecule has 9 aromatic carbocycles. The number of carbonyl (C=O) groups excluding carboxylic acids is 5. The lowest BCUT2D eigenvalue weighted by Crippen LogP contribution is -2.34. The van der Waals surface area contributed by atoms with Crippen molar-refractivity contribution in [3.63, 3.8) is 0 Å². The van der Waals surface area contributed by atoms with Crippen molar-refractivity contribution in [1.29, 1.82) is 0 Å². The number of methoxy groups -OCH3 is 5. The molecule has 15 N–H and O–H groups in total. The van der Waals surface area contributed by atoms with E-state index in [9.17, 15) is 43.2 Å². The SMILES string of the molecule is CO.COC(=O)c1sccc1N.COC(=O)c1sccc1NCc1ccnc2ccccc12.COc1c(Nc2cccc(NC(=O)c3sccc3NCc3ccnc4ccccc34)c2)c(=O)c1=O.COc1c(OC)c(=O)c1=O.Nc1cccc(N)c1.Nc1cccc(NC(=O)c2sccc2NCc2ccnc3ccccc23)c1.O=Cc1ccnc2ccccc12. The molecule has 0 bridgehead atoms. The van der Waals surface area contributed by atoms with E-state index in [0.29, 0.717) is 84.5 Å². The van der Waals surface area contributed by atoms with Gasteiger partial charge >= 0.3 is 11.9 Å². The summed E-state index contributed by atoms with van der Waals surface area (Å²) < 4.78 is 23.3. The lowest BCUT2D eigenvalue weighted by molar-refractivity contribution is 0.0598. The van der Waals surface area contributed by atoms with Gasteiger partial charge in [-0.25, -0.2) is 9.59 Å². The molecule has 0 aliphatic heterocycles. The summed E-state index contributed by atoms with van der Waals surface area (Å²) in [7, 11) is 7.70. The van der Waals surface area contributed by atoms with Gasteiger partial charge in [-0.3, -0.25) is 53.5 Å². The normalized spacial score (nSPS) is 10.2. The Hall–Kier alpha value is -15.6. The number of pyridine rings is 4. The number of amides is 2. The highest BCUT2D eigenvalue weighted by Gasteiger charge is 2.24. The molecule has 0 saturated heterocycles. The van der Waals surface area contributed by atoms with Crippen LogP contribution in [-0.2, 0) is 29.1 Å². The zero-order valence-electron chi connectivity index (χ0n) is 68.0. The minimum atomic E-state index is -0.656. The number of ether oxygens (including phenoxy) is 5. The third-order valence-electron chi connectivity index (χ3n) is 18.0. The van der Waals surface area contributed by atoms with Crippen LogP contribution < -0.4 is 90.8 Å². The van der Waals surface area contributed by atoms with E-state index in [0.717, 1.165) is 90.8 Å². The van der Waals surface area contributed by atoms with Crippen molar-refractivity contribution >= 4 is 182 Å². The lowest BCUT2D eigenvalue weighted by Gasteiger charge is -2.13. The summed E-state index contributed by atoms with van der Waals surface area (Å²) in [5, 5.41) is 37.3. The average molecular weight is 1750 g/mol. The van der Waals surface area contributed by atoms with Gasteiger partial charge in [-0.2, -0.15) is 0 Å². The molecular weight excluding hydrogens is 1670 g/mol. The van der Waals surface area contributed by atoms with Crippen molar-refractivity contribution in [2.45, 2.75) is 19.6 Å². The number of hydrogen-bond acceptors (Lipinski definition) is 31. The van der Waals surface area contributed by atoms with Crippen LogP contribution in [0.15, 0.2) is 284 Å². The number of benzene rings is 7. The Morgan fingerprint density at radius 2 is 0.728 bits per heavy atom. The van der Waals surface area contributed by atoms with E-state index in [1.165, 1.54) is 80.9 Å². The highest BCUT2D eigenvalue weighted by molar-refractivity contribution is 7.13. The van der Waals surface area contributed by atoms with Crippen molar-refractivity contribution in [2.75, 3.05) is 97.5 Å². The Kier molecular flexibility index (Phi) is 33.6. The van der Waals surface area contributed by atoms with E-state index in [2.05, 4.69) is 72.1 Å². The van der Waals surface area contributed by atoms with E-state index >= 15 is 0 Å². The van der Waals surface area contributed by atoms with Gasteiger partial charge in [0.2, 0.25) is 11.5 Å². The number of carbonyl (C=O) groups is 5. The molecule has 8 aromatic heterocycles.